The fraction of sp³-hybridized carbons (Fsp3) is 0.778. The number of thiazole rings is 1. The lowest BCUT2D eigenvalue weighted by molar-refractivity contribution is 0.297. The average Bonchev–Trinajstić information content (AvgIpc) is 3.05. The Balaban J connectivity index is 2.36. The van der Waals surface area contributed by atoms with E-state index in [9.17, 15) is 0 Å². The molecule has 1 rings (SSSR count). The molecule has 0 saturated carbocycles. The maximum atomic E-state index is 4.65. The Morgan fingerprint density at radius 1 is 1.21 bits per heavy atom. The molecule has 1 heterocycles. The summed E-state index contributed by atoms with van der Waals surface area (Å²) in [6.07, 6.45) is 2.38. The van der Waals surface area contributed by atoms with E-state index in [2.05, 4.69) is 65.5 Å². The van der Waals surface area contributed by atoms with Crippen molar-refractivity contribution in [2.45, 2.75) is 59.9 Å². The minimum absolute atomic E-state index is 0.483. The van der Waals surface area contributed by atoms with Crippen LogP contribution in [0.1, 0.15) is 64.1 Å². The van der Waals surface area contributed by atoms with E-state index in [1.807, 2.05) is 0 Å². The Hall–Kier alpha value is -1.14. The summed E-state index contributed by atoms with van der Waals surface area (Å²) in [5, 5.41) is 9.96. The molecular weight excluding hydrogens is 318 g/mol. The maximum Gasteiger partial charge on any atom is 0.191 e. The Labute approximate surface area is 152 Å². The minimum Gasteiger partial charge on any atom is -0.357 e. The normalized spacial score (nSPS) is 12.2. The smallest absolute Gasteiger partial charge is 0.191 e. The van der Waals surface area contributed by atoms with Crippen LogP contribution in [0.4, 0.5) is 0 Å². The molecule has 0 amide bonds. The van der Waals surface area contributed by atoms with Crippen LogP contribution in [0.5, 0.6) is 0 Å². The van der Waals surface area contributed by atoms with Crippen molar-refractivity contribution in [3.05, 3.63) is 16.1 Å². The van der Waals surface area contributed by atoms with Crippen molar-refractivity contribution in [2.24, 2.45) is 4.99 Å². The second-order valence-corrected chi connectivity index (χ2v) is 7.12. The van der Waals surface area contributed by atoms with Gasteiger partial charge >= 0.3 is 0 Å². The predicted octanol–water partition coefficient (Wildman–Crippen LogP) is 3.44. The molecule has 2 N–H and O–H groups in total. The van der Waals surface area contributed by atoms with E-state index < -0.39 is 0 Å². The fourth-order valence-corrected chi connectivity index (χ4v) is 3.24. The number of guanidine groups is 1. The topological polar surface area (TPSA) is 52.6 Å². The molecule has 0 fully saturated rings. The summed E-state index contributed by atoms with van der Waals surface area (Å²) in [6, 6.07) is 0. The van der Waals surface area contributed by atoms with Crippen LogP contribution in [0.15, 0.2) is 10.4 Å². The number of aliphatic imine (C=N–C) groups is 1. The molecule has 5 nitrogen and oxygen atoms in total. The highest BCUT2D eigenvalue weighted by Gasteiger charge is 2.05. The summed E-state index contributed by atoms with van der Waals surface area (Å²) in [5.74, 6) is 1.37. The first kappa shape index (κ1) is 20.9. The van der Waals surface area contributed by atoms with E-state index in [-0.39, 0.29) is 0 Å². The van der Waals surface area contributed by atoms with Crippen LogP contribution < -0.4 is 10.6 Å². The van der Waals surface area contributed by atoms with Crippen LogP contribution in [0.2, 0.25) is 0 Å². The third-order valence-electron chi connectivity index (χ3n) is 3.97. The van der Waals surface area contributed by atoms with Gasteiger partial charge in [-0.2, -0.15) is 0 Å². The van der Waals surface area contributed by atoms with E-state index in [4.69, 9.17) is 0 Å². The van der Waals surface area contributed by atoms with Gasteiger partial charge in [-0.1, -0.05) is 27.7 Å². The Kier molecular flexibility index (Phi) is 10.7. The molecule has 0 spiro atoms. The van der Waals surface area contributed by atoms with Gasteiger partial charge in [0.15, 0.2) is 5.96 Å². The van der Waals surface area contributed by atoms with Crippen molar-refractivity contribution in [1.82, 2.24) is 20.5 Å². The number of hydrogen-bond acceptors (Lipinski definition) is 4. The van der Waals surface area contributed by atoms with Gasteiger partial charge in [0.25, 0.3) is 0 Å². The van der Waals surface area contributed by atoms with Gasteiger partial charge < -0.3 is 15.5 Å². The number of nitrogens with one attached hydrogen (secondary N) is 2. The Bertz CT molecular complexity index is 466. The number of unbranched alkanes of at least 4 members (excludes halogenated alkanes) is 1. The molecule has 0 unspecified atom stereocenters. The molecular formula is C18H35N5S. The quantitative estimate of drug-likeness (QED) is 0.363. The van der Waals surface area contributed by atoms with Crippen molar-refractivity contribution in [3.63, 3.8) is 0 Å². The van der Waals surface area contributed by atoms with Crippen molar-refractivity contribution in [3.8, 4) is 0 Å². The van der Waals surface area contributed by atoms with E-state index >= 15 is 0 Å². The summed E-state index contributed by atoms with van der Waals surface area (Å²) < 4.78 is 0. The van der Waals surface area contributed by atoms with Crippen LogP contribution in [-0.2, 0) is 6.54 Å². The van der Waals surface area contributed by atoms with Crippen molar-refractivity contribution in [2.75, 3.05) is 32.7 Å². The zero-order valence-electron chi connectivity index (χ0n) is 16.1. The first-order chi connectivity index (χ1) is 11.6. The van der Waals surface area contributed by atoms with Gasteiger partial charge in [0.05, 0.1) is 12.2 Å². The highest BCUT2D eigenvalue weighted by molar-refractivity contribution is 7.09. The highest BCUT2D eigenvalue weighted by atomic mass is 32.1. The van der Waals surface area contributed by atoms with Crippen molar-refractivity contribution < 1.29 is 0 Å². The van der Waals surface area contributed by atoms with Crippen LogP contribution in [0, 0.1) is 0 Å². The van der Waals surface area contributed by atoms with Crippen molar-refractivity contribution in [1.29, 1.82) is 0 Å². The Morgan fingerprint density at radius 3 is 2.54 bits per heavy atom. The largest absolute Gasteiger partial charge is 0.357 e. The molecule has 0 aromatic carbocycles. The summed E-state index contributed by atoms with van der Waals surface area (Å²) in [7, 11) is 0. The van der Waals surface area contributed by atoms with Gasteiger partial charge in [-0.05, 0) is 45.3 Å². The molecule has 1 aromatic heterocycles. The molecule has 24 heavy (non-hydrogen) atoms. The molecule has 0 atom stereocenters. The standard InChI is InChI=1S/C18H35N5S/c1-6-19-18(20-11-9-10-12-23(7-2)8-3)21-13-17-22-16(14-24-17)15(4)5/h14-15H,6-13H2,1-5H3,(H2,19,20,21). The molecule has 0 saturated heterocycles. The third kappa shape index (κ3) is 8.11. The van der Waals surface area contributed by atoms with Crippen LogP contribution in [0.3, 0.4) is 0 Å². The molecule has 6 heteroatoms. The summed E-state index contributed by atoms with van der Waals surface area (Å²) in [4.78, 5) is 11.8. The average molecular weight is 354 g/mol. The molecule has 0 bridgehead atoms. The highest BCUT2D eigenvalue weighted by Crippen LogP contribution is 2.18. The summed E-state index contributed by atoms with van der Waals surface area (Å²) in [6.45, 7) is 16.8. The lowest BCUT2D eigenvalue weighted by Gasteiger charge is -2.17. The van der Waals surface area contributed by atoms with Crippen molar-refractivity contribution >= 4 is 17.3 Å². The molecule has 0 aliphatic rings. The number of rotatable bonds is 11. The molecule has 0 aliphatic heterocycles. The zero-order valence-corrected chi connectivity index (χ0v) is 16.9. The van der Waals surface area contributed by atoms with Gasteiger partial charge in [-0.3, -0.25) is 0 Å². The van der Waals surface area contributed by atoms with E-state index in [1.165, 1.54) is 18.7 Å². The maximum absolute atomic E-state index is 4.65. The van der Waals surface area contributed by atoms with Crippen LogP contribution in [0.25, 0.3) is 0 Å². The first-order valence-electron chi connectivity index (χ1n) is 9.29. The number of aromatic nitrogens is 1. The first-order valence-corrected chi connectivity index (χ1v) is 10.2. The zero-order chi connectivity index (χ0) is 17.8. The van der Waals surface area contributed by atoms with Gasteiger partial charge in [0.2, 0.25) is 0 Å². The lowest BCUT2D eigenvalue weighted by atomic mass is 10.2. The van der Waals surface area contributed by atoms with E-state index in [1.54, 1.807) is 11.3 Å². The third-order valence-corrected chi connectivity index (χ3v) is 4.82. The minimum atomic E-state index is 0.483. The molecule has 1 aromatic rings. The van der Waals surface area contributed by atoms with Gasteiger partial charge in [-0.25, -0.2) is 9.98 Å². The van der Waals surface area contributed by atoms with Gasteiger partial charge in [0.1, 0.15) is 5.01 Å². The molecule has 138 valence electrons. The second kappa shape index (κ2) is 12.3. The Morgan fingerprint density at radius 2 is 1.96 bits per heavy atom. The summed E-state index contributed by atoms with van der Waals surface area (Å²) >= 11 is 1.70. The molecule has 0 radical (unpaired) electrons. The molecule has 0 aliphatic carbocycles. The van der Waals surface area contributed by atoms with Crippen LogP contribution >= 0.6 is 11.3 Å². The number of hydrogen-bond donors (Lipinski definition) is 2. The van der Waals surface area contributed by atoms with Gasteiger partial charge in [0, 0.05) is 18.5 Å². The van der Waals surface area contributed by atoms with Crippen LogP contribution in [-0.4, -0.2) is 48.6 Å². The number of nitrogens with zero attached hydrogens (tertiary/aromatic N) is 3. The lowest BCUT2D eigenvalue weighted by Crippen LogP contribution is -2.38. The van der Waals surface area contributed by atoms with E-state index in [0.717, 1.165) is 43.6 Å². The summed E-state index contributed by atoms with van der Waals surface area (Å²) in [5.41, 5.74) is 1.17. The second-order valence-electron chi connectivity index (χ2n) is 6.18. The van der Waals surface area contributed by atoms with E-state index in [0.29, 0.717) is 12.5 Å². The van der Waals surface area contributed by atoms with Gasteiger partial charge in [-0.15, -0.1) is 11.3 Å². The SMILES string of the molecule is CCNC(=NCc1nc(C(C)C)cs1)NCCCCN(CC)CC. The predicted molar refractivity (Wildman–Crippen MR) is 106 cm³/mol. The monoisotopic (exact) mass is 353 g/mol. The fourth-order valence-electron chi connectivity index (χ4n) is 2.36.